The van der Waals surface area contributed by atoms with Crippen LogP contribution >= 0.6 is 0 Å². The molecular weight excluding hydrogens is 224 g/mol. The highest BCUT2D eigenvalue weighted by Gasteiger charge is 2.07. The van der Waals surface area contributed by atoms with E-state index in [-0.39, 0.29) is 0 Å². The Labute approximate surface area is 111 Å². The van der Waals surface area contributed by atoms with Crippen LogP contribution in [0.25, 0.3) is 0 Å². The third kappa shape index (κ3) is 4.31. The summed E-state index contributed by atoms with van der Waals surface area (Å²) in [4.78, 5) is 2.25. The lowest BCUT2D eigenvalue weighted by Crippen LogP contribution is -2.27. The van der Waals surface area contributed by atoms with Gasteiger partial charge in [-0.2, -0.15) is 0 Å². The van der Waals surface area contributed by atoms with Crippen molar-refractivity contribution in [3.8, 4) is 5.75 Å². The summed E-state index contributed by atoms with van der Waals surface area (Å²) in [5.41, 5.74) is 8.14. The van der Waals surface area contributed by atoms with Crippen molar-refractivity contribution in [1.29, 1.82) is 0 Å². The number of rotatable bonds is 7. The number of nitrogens with two attached hydrogens (primary N) is 1. The number of benzene rings is 1. The minimum absolute atomic E-state index is 0.535. The molecule has 0 aliphatic heterocycles. The minimum atomic E-state index is 0.535. The van der Waals surface area contributed by atoms with Crippen LogP contribution in [0.15, 0.2) is 18.2 Å². The van der Waals surface area contributed by atoms with Gasteiger partial charge in [-0.15, -0.1) is 0 Å². The molecule has 0 fully saturated rings. The lowest BCUT2D eigenvalue weighted by molar-refractivity contribution is 0.343. The van der Waals surface area contributed by atoms with Gasteiger partial charge in [0.15, 0.2) is 0 Å². The Morgan fingerprint density at radius 2 is 2.00 bits per heavy atom. The third-order valence-electron chi connectivity index (χ3n) is 3.25. The van der Waals surface area contributed by atoms with E-state index in [0.29, 0.717) is 12.5 Å². The summed E-state index contributed by atoms with van der Waals surface area (Å²) < 4.78 is 5.49. The summed E-state index contributed by atoms with van der Waals surface area (Å²) in [7, 11) is 3.84. The lowest BCUT2D eigenvalue weighted by atomic mass is 10.00. The Kier molecular flexibility index (Phi) is 6.16. The van der Waals surface area contributed by atoms with Crippen LogP contribution in [0.5, 0.6) is 5.75 Å². The fourth-order valence-corrected chi connectivity index (χ4v) is 1.97. The Balaban J connectivity index is 2.70. The Hall–Kier alpha value is -1.06. The third-order valence-corrected chi connectivity index (χ3v) is 3.25. The highest BCUT2D eigenvalue weighted by Crippen LogP contribution is 2.25. The van der Waals surface area contributed by atoms with E-state index in [2.05, 4.69) is 44.0 Å². The molecule has 0 atom stereocenters. The Morgan fingerprint density at radius 3 is 2.56 bits per heavy atom. The number of likely N-dealkylation sites (N-methyl/N-ethyl adjacent to an activating group) is 1. The van der Waals surface area contributed by atoms with Gasteiger partial charge >= 0.3 is 0 Å². The zero-order chi connectivity index (χ0) is 13.5. The average molecular weight is 250 g/mol. The second kappa shape index (κ2) is 7.39. The van der Waals surface area contributed by atoms with E-state index in [9.17, 15) is 0 Å². The molecular formula is C15H26N2O. The van der Waals surface area contributed by atoms with Crippen molar-refractivity contribution >= 4 is 0 Å². The second-order valence-corrected chi connectivity index (χ2v) is 5.07. The molecule has 3 heteroatoms. The zero-order valence-corrected chi connectivity index (χ0v) is 12.1. The van der Waals surface area contributed by atoms with Gasteiger partial charge in [0.2, 0.25) is 0 Å². The van der Waals surface area contributed by atoms with E-state index < -0.39 is 0 Å². The number of hydrogen-bond acceptors (Lipinski definition) is 3. The molecule has 0 saturated carbocycles. The van der Waals surface area contributed by atoms with Crippen LogP contribution in [-0.2, 0) is 6.42 Å². The first-order valence-electron chi connectivity index (χ1n) is 6.64. The van der Waals surface area contributed by atoms with E-state index in [1.807, 2.05) is 0 Å². The molecule has 1 aromatic rings. The summed E-state index contributed by atoms with van der Waals surface area (Å²) in [5, 5.41) is 0. The zero-order valence-electron chi connectivity index (χ0n) is 12.1. The molecule has 0 aliphatic rings. The van der Waals surface area contributed by atoms with Gasteiger partial charge < -0.3 is 15.4 Å². The standard InChI is InChI=1S/C15H26N2O/c1-12(2)14-6-5-13(15(11-14)18-4)7-9-17(3)10-8-16/h5-6,11-12H,7-10,16H2,1-4H3. The molecule has 0 spiro atoms. The van der Waals surface area contributed by atoms with Crippen molar-refractivity contribution < 1.29 is 4.74 Å². The maximum absolute atomic E-state index is 5.54. The van der Waals surface area contributed by atoms with Gasteiger partial charge in [0, 0.05) is 19.6 Å². The maximum atomic E-state index is 5.54. The monoisotopic (exact) mass is 250 g/mol. The minimum Gasteiger partial charge on any atom is -0.496 e. The van der Waals surface area contributed by atoms with Crippen LogP contribution in [0.2, 0.25) is 0 Å². The average Bonchev–Trinajstić information content (AvgIpc) is 2.36. The normalized spacial score (nSPS) is 11.3. The van der Waals surface area contributed by atoms with Crippen molar-refractivity contribution in [1.82, 2.24) is 4.90 Å². The van der Waals surface area contributed by atoms with Gasteiger partial charge in [0.05, 0.1) is 7.11 Å². The summed E-state index contributed by atoms with van der Waals surface area (Å²) >= 11 is 0. The summed E-state index contributed by atoms with van der Waals surface area (Å²) in [5.74, 6) is 1.54. The summed E-state index contributed by atoms with van der Waals surface area (Å²) in [6.45, 7) is 7.05. The molecule has 0 aliphatic carbocycles. The van der Waals surface area contributed by atoms with Crippen LogP contribution in [0.1, 0.15) is 30.9 Å². The maximum Gasteiger partial charge on any atom is 0.122 e. The van der Waals surface area contributed by atoms with E-state index in [4.69, 9.17) is 10.5 Å². The first-order valence-corrected chi connectivity index (χ1v) is 6.64. The molecule has 0 amide bonds. The van der Waals surface area contributed by atoms with Crippen LogP contribution in [0.3, 0.4) is 0 Å². The van der Waals surface area contributed by atoms with Gasteiger partial charge in [-0.25, -0.2) is 0 Å². The fourth-order valence-electron chi connectivity index (χ4n) is 1.97. The van der Waals surface area contributed by atoms with Gasteiger partial charge in [0.1, 0.15) is 5.75 Å². The summed E-state index contributed by atoms with van der Waals surface area (Å²) in [6, 6.07) is 6.54. The lowest BCUT2D eigenvalue weighted by Gasteiger charge is -2.17. The van der Waals surface area contributed by atoms with Gasteiger partial charge in [-0.05, 0) is 36.6 Å². The molecule has 2 N–H and O–H groups in total. The molecule has 102 valence electrons. The SMILES string of the molecule is COc1cc(C(C)C)ccc1CCN(C)CCN. The van der Waals surface area contributed by atoms with E-state index in [1.165, 1.54) is 11.1 Å². The molecule has 0 saturated heterocycles. The van der Waals surface area contributed by atoms with Crippen LogP contribution in [0, 0.1) is 0 Å². The molecule has 0 radical (unpaired) electrons. The van der Waals surface area contributed by atoms with Crippen molar-refractivity contribution in [2.75, 3.05) is 33.8 Å². The van der Waals surface area contributed by atoms with Crippen molar-refractivity contribution in [2.45, 2.75) is 26.2 Å². The van der Waals surface area contributed by atoms with E-state index >= 15 is 0 Å². The first kappa shape index (κ1) is 15.0. The van der Waals surface area contributed by atoms with E-state index in [0.717, 1.165) is 25.3 Å². The van der Waals surface area contributed by atoms with Crippen LogP contribution < -0.4 is 10.5 Å². The van der Waals surface area contributed by atoms with E-state index in [1.54, 1.807) is 7.11 Å². The van der Waals surface area contributed by atoms with Crippen molar-refractivity contribution in [3.63, 3.8) is 0 Å². The molecule has 0 bridgehead atoms. The molecule has 1 rings (SSSR count). The molecule has 18 heavy (non-hydrogen) atoms. The quantitative estimate of drug-likeness (QED) is 0.806. The van der Waals surface area contributed by atoms with Crippen molar-refractivity contribution in [3.05, 3.63) is 29.3 Å². The Morgan fingerprint density at radius 1 is 1.28 bits per heavy atom. The smallest absolute Gasteiger partial charge is 0.122 e. The molecule has 1 aromatic carbocycles. The van der Waals surface area contributed by atoms with Gasteiger partial charge in [0.25, 0.3) is 0 Å². The van der Waals surface area contributed by atoms with Crippen molar-refractivity contribution in [2.24, 2.45) is 5.73 Å². The van der Waals surface area contributed by atoms with Crippen LogP contribution in [0.4, 0.5) is 0 Å². The molecule has 0 heterocycles. The largest absolute Gasteiger partial charge is 0.496 e. The predicted molar refractivity (Wildman–Crippen MR) is 77.3 cm³/mol. The topological polar surface area (TPSA) is 38.5 Å². The van der Waals surface area contributed by atoms with Gasteiger partial charge in [-0.3, -0.25) is 0 Å². The number of methoxy groups -OCH3 is 1. The summed E-state index contributed by atoms with van der Waals surface area (Å²) in [6.07, 6.45) is 0.998. The van der Waals surface area contributed by atoms with Gasteiger partial charge in [-0.1, -0.05) is 26.0 Å². The first-order chi connectivity index (χ1) is 8.58. The molecule has 0 aromatic heterocycles. The highest BCUT2D eigenvalue weighted by molar-refractivity contribution is 5.38. The number of hydrogen-bond donors (Lipinski definition) is 1. The second-order valence-electron chi connectivity index (χ2n) is 5.07. The Bertz CT molecular complexity index is 364. The number of ether oxygens (including phenoxy) is 1. The highest BCUT2D eigenvalue weighted by atomic mass is 16.5. The molecule has 0 unspecified atom stereocenters. The fraction of sp³-hybridized carbons (Fsp3) is 0.600. The molecule has 3 nitrogen and oxygen atoms in total. The van der Waals surface area contributed by atoms with Crippen LogP contribution in [-0.4, -0.2) is 38.7 Å². The predicted octanol–water partition coefficient (Wildman–Crippen LogP) is 2.25. The number of nitrogens with zero attached hydrogens (tertiary/aromatic N) is 1.